The molecule has 0 spiro atoms. The van der Waals surface area contributed by atoms with Crippen molar-refractivity contribution < 1.29 is 13.9 Å². The number of hydrogen-bond donors (Lipinski definition) is 1. The minimum Gasteiger partial charge on any atom is -0.474 e. The van der Waals surface area contributed by atoms with Gasteiger partial charge in [-0.3, -0.25) is 4.79 Å². The molecule has 1 amide bonds. The number of pyridine rings is 1. The molecule has 2 fully saturated rings. The first-order chi connectivity index (χ1) is 13.6. The summed E-state index contributed by atoms with van der Waals surface area (Å²) < 4.78 is 19.9. The first kappa shape index (κ1) is 19.2. The number of ether oxygens (including phenoxy) is 1. The van der Waals surface area contributed by atoms with Crippen LogP contribution in [0.4, 0.5) is 10.2 Å². The highest BCUT2D eigenvalue weighted by Gasteiger charge is 2.27. The van der Waals surface area contributed by atoms with Crippen LogP contribution >= 0.6 is 11.6 Å². The number of piperidine rings is 1. The van der Waals surface area contributed by atoms with E-state index >= 15 is 0 Å². The van der Waals surface area contributed by atoms with Crippen LogP contribution in [0.5, 0.6) is 5.88 Å². The number of anilines is 1. The van der Waals surface area contributed by atoms with Crippen LogP contribution in [0.25, 0.3) is 0 Å². The summed E-state index contributed by atoms with van der Waals surface area (Å²) in [7, 11) is 0. The van der Waals surface area contributed by atoms with E-state index in [-0.39, 0.29) is 16.7 Å². The Labute approximate surface area is 168 Å². The lowest BCUT2D eigenvalue weighted by molar-refractivity contribution is 0.0945. The topological polar surface area (TPSA) is 54.5 Å². The molecular formula is C21H23ClFN3O2. The Kier molecular flexibility index (Phi) is 5.78. The summed E-state index contributed by atoms with van der Waals surface area (Å²) in [6.07, 6.45) is 4.80. The molecule has 1 saturated heterocycles. The van der Waals surface area contributed by atoms with Gasteiger partial charge in [0.1, 0.15) is 17.7 Å². The number of nitrogens with zero attached hydrogens (tertiary/aromatic N) is 2. The normalized spacial score (nSPS) is 18.1. The minimum absolute atomic E-state index is 0.0582. The highest BCUT2D eigenvalue weighted by molar-refractivity contribution is 6.34. The van der Waals surface area contributed by atoms with E-state index in [0.717, 1.165) is 31.8 Å². The zero-order valence-electron chi connectivity index (χ0n) is 15.5. The van der Waals surface area contributed by atoms with E-state index in [9.17, 15) is 9.18 Å². The molecule has 4 rings (SSSR count). The molecule has 7 heteroatoms. The summed E-state index contributed by atoms with van der Waals surface area (Å²) in [6, 6.07) is 9.28. The SMILES string of the molecule is O=C(Nc1cccc(OC2CCN(CC3CC3)CC2)n1)c1c(F)cccc1Cl. The summed E-state index contributed by atoms with van der Waals surface area (Å²) in [6.45, 7) is 3.30. The number of aromatic nitrogens is 1. The fourth-order valence-electron chi connectivity index (χ4n) is 3.49. The third-order valence-corrected chi connectivity index (χ3v) is 5.51. The summed E-state index contributed by atoms with van der Waals surface area (Å²) in [5.41, 5.74) is -0.194. The van der Waals surface area contributed by atoms with Crippen LogP contribution in [-0.2, 0) is 0 Å². The quantitative estimate of drug-likeness (QED) is 0.777. The monoisotopic (exact) mass is 403 g/mol. The Bertz CT molecular complexity index is 831. The fraction of sp³-hybridized carbons (Fsp3) is 0.429. The Hall–Kier alpha value is -2.18. The molecule has 1 saturated carbocycles. The van der Waals surface area contributed by atoms with Crippen LogP contribution in [0.1, 0.15) is 36.0 Å². The lowest BCUT2D eigenvalue weighted by Gasteiger charge is -2.31. The first-order valence-electron chi connectivity index (χ1n) is 9.70. The number of halogens is 2. The molecule has 1 aromatic heterocycles. The maximum atomic E-state index is 13.9. The van der Waals surface area contributed by atoms with Crippen molar-refractivity contribution in [1.82, 2.24) is 9.88 Å². The van der Waals surface area contributed by atoms with Gasteiger partial charge in [-0.1, -0.05) is 23.7 Å². The number of benzene rings is 1. The number of hydrogen-bond acceptors (Lipinski definition) is 4. The third kappa shape index (κ3) is 4.80. The van der Waals surface area contributed by atoms with E-state index in [1.165, 1.54) is 37.6 Å². The summed E-state index contributed by atoms with van der Waals surface area (Å²) in [4.78, 5) is 19.2. The number of carbonyl (C=O) groups is 1. The molecule has 1 aliphatic heterocycles. The molecule has 148 valence electrons. The van der Waals surface area contributed by atoms with Crippen molar-refractivity contribution in [2.75, 3.05) is 25.0 Å². The van der Waals surface area contributed by atoms with Gasteiger partial charge in [0.05, 0.1) is 10.6 Å². The van der Waals surface area contributed by atoms with Gasteiger partial charge >= 0.3 is 0 Å². The van der Waals surface area contributed by atoms with E-state index in [4.69, 9.17) is 16.3 Å². The van der Waals surface area contributed by atoms with E-state index in [0.29, 0.717) is 11.7 Å². The summed E-state index contributed by atoms with van der Waals surface area (Å²) in [5.74, 6) is 0.352. The maximum Gasteiger partial charge on any atom is 0.261 e. The van der Waals surface area contributed by atoms with Crippen LogP contribution in [0.3, 0.4) is 0 Å². The van der Waals surface area contributed by atoms with Gasteiger partial charge < -0.3 is 15.0 Å². The van der Waals surface area contributed by atoms with Crippen molar-refractivity contribution in [1.29, 1.82) is 0 Å². The van der Waals surface area contributed by atoms with Crippen LogP contribution in [-0.4, -0.2) is 41.5 Å². The second kappa shape index (κ2) is 8.45. The van der Waals surface area contributed by atoms with E-state index in [2.05, 4.69) is 15.2 Å². The second-order valence-electron chi connectivity index (χ2n) is 7.47. The van der Waals surface area contributed by atoms with Crippen molar-refractivity contribution >= 4 is 23.3 Å². The highest BCUT2D eigenvalue weighted by Crippen LogP contribution is 2.31. The van der Waals surface area contributed by atoms with E-state index in [1.54, 1.807) is 18.2 Å². The van der Waals surface area contributed by atoms with Crippen molar-refractivity contribution in [2.45, 2.75) is 31.8 Å². The second-order valence-corrected chi connectivity index (χ2v) is 7.88. The Morgan fingerprint density at radius 1 is 1.18 bits per heavy atom. The molecule has 1 aliphatic carbocycles. The van der Waals surface area contributed by atoms with Crippen molar-refractivity contribution in [2.24, 2.45) is 5.92 Å². The van der Waals surface area contributed by atoms with E-state index < -0.39 is 11.7 Å². The molecule has 5 nitrogen and oxygen atoms in total. The summed E-state index contributed by atoms with van der Waals surface area (Å²) >= 11 is 5.95. The molecule has 0 unspecified atom stereocenters. The van der Waals surface area contributed by atoms with Crippen LogP contribution < -0.4 is 10.1 Å². The number of rotatable bonds is 6. The molecule has 28 heavy (non-hydrogen) atoms. The van der Waals surface area contributed by atoms with E-state index in [1.807, 2.05) is 0 Å². The predicted octanol–water partition coefficient (Wildman–Crippen LogP) is 4.38. The van der Waals surface area contributed by atoms with Gasteiger partial charge in [-0.25, -0.2) is 4.39 Å². The van der Waals surface area contributed by atoms with Gasteiger partial charge in [-0.15, -0.1) is 0 Å². The first-order valence-corrected chi connectivity index (χ1v) is 10.1. The number of likely N-dealkylation sites (tertiary alicyclic amines) is 1. The lowest BCUT2D eigenvalue weighted by Crippen LogP contribution is -2.39. The largest absolute Gasteiger partial charge is 0.474 e. The minimum atomic E-state index is -0.671. The highest BCUT2D eigenvalue weighted by atomic mass is 35.5. The average molecular weight is 404 g/mol. The number of carbonyl (C=O) groups excluding carboxylic acids is 1. The number of amides is 1. The van der Waals surface area contributed by atoms with Gasteiger partial charge in [0.2, 0.25) is 5.88 Å². The smallest absolute Gasteiger partial charge is 0.261 e. The van der Waals surface area contributed by atoms with Crippen LogP contribution in [0, 0.1) is 11.7 Å². The Morgan fingerprint density at radius 2 is 1.93 bits per heavy atom. The molecule has 0 radical (unpaired) electrons. The average Bonchev–Trinajstić information content (AvgIpc) is 3.48. The van der Waals surface area contributed by atoms with Gasteiger partial charge in [0, 0.05) is 25.7 Å². The molecule has 1 N–H and O–H groups in total. The van der Waals surface area contributed by atoms with Crippen molar-refractivity contribution in [3.63, 3.8) is 0 Å². The van der Waals surface area contributed by atoms with Gasteiger partial charge in [0.25, 0.3) is 5.91 Å². The lowest BCUT2D eigenvalue weighted by atomic mass is 10.1. The standard InChI is InChI=1S/C21H23ClFN3O2/c22-16-3-1-4-17(23)20(16)21(27)25-18-5-2-6-19(24-18)28-15-9-11-26(12-10-15)13-14-7-8-14/h1-6,14-15H,7-13H2,(H,24,25,27). The van der Waals surface area contributed by atoms with Crippen LogP contribution in [0.2, 0.25) is 5.02 Å². The maximum absolute atomic E-state index is 13.9. The van der Waals surface area contributed by atoms with Crippen molar-refractivity contribution in [3.8, 4) is 5.88 Å². The van der Waals surface area contributed by atoms with Gasteiger partial charge in [-0.05, 0) is 49.8 Å². The molecule has 2 heterocycles. The molecule has 1 aromatic carbocycles. The molecule has 2 aliphatic rings. The Morgan fingerprint density at radius 3 is 2.64 bits per heavy atom. The zero-order valence-corrected chi connectivity index (χ0v) is 16.3. The number of nitrogens with one attached hydrogen (secondary N) is 1. The van der Waals surface area contributed by atoms with Gasteiger partial charge in [0.15, 0.2) is 0 Å². The molecule has 0 bridgehead atoms. The fourth-order valence-corrected chi connectivity index (χ4v) is 3.74. The predicted molar refractivity (Wildman–Crippen MR) is 106 cm³/mol. The third-order valence-electron chi connectivity index (χ3n) is 5.19. The summed E-state index contributed by atoms with van der Waals surface area (Å²) in [5, 5.41) is 2.65. The van der Waals surface area contributed by atoms with Crippen LogP contribution in [0.15, 0.2) is 36.4 Å². The molecular weight excluding hydrogens is 381 g/mol. The Balaban J connectivity index is 1.35. The molecule has 2 aromatic rings. The van der Waals surface area contributed by atoms with Crippen molar-refractivity contribution in [3.05, 3.63) is 52.8 Å². The zero-order chi connectivity index (χ0) is 19.5. The van der Waals surface area contributed by atoms with Gasteiger partial charge in [-0.2, -0.15) is 4.98 Å². The molecule has 0 atom stereocenters.